The molecule has 0 saturated heterocycles. The lowest BCUT2D eigenvalue weighted by molar-refractivity contribution is 0.734. The van der Waals surface area contributed by atoms with Crippen LogP contribution in [0.15, 0.2) is 77.9 Å². The molecule has 4 rings (SSSR count). The average Bonchev–Trinajstić information content (AvgIpc) is 2.96. The number of imidazole rings is 1. The number of rotatable bonds is 3. The first-order chi connectivity index (χ1) is 11.7. The highest BCUT2D eigenvalue weighted by atomic mass is 35.5. The highest BCUT2D eigenvalue weighted by Crippen LogP contribution is 2.26. The van der Waals surface area contributed by atoms with E-state index in [2.05, 4.69) is 0 Å². The third-order valence-electron chi connectivity index (χ3n) is 3.95. The van der Waals surface area contributed by atoms with Crippen molar-refractivity contribution in [3.63, 3.8) is 0 Å². The maximum atomic E-state index is 12.1. The maximum absolute atomic E-state index is 12.1. The first kappa shape index (κ1) is 14.7. The lowest BCUT2D eigenvalue weighted by atomic mass is 10.1. The molecule has 0 atom stereocenters. The van der Waals surface area contributed by atoms with Crippen molar-refractivity contribution >= 4 is 17.2 Å². The Morgan fingerprint density at radius 1 is 0.958 bits per heavy atom. The van der Waals surface area contributed by atoms with E-state index in [4.69, 9.17) is 16.6 Å². The van der Waals surface area contributed by atoms with E-state index in [1.165, 1.54) is 0 Å². The second-order valence-corrected chi connectivity index (χ2v) is 5.95. The van der Waals surface area contributed by atoms with Gasteiger partial charge in [-0.1, -0.05) is 48.0 Å². The minimum absolute atomic E-state index is 0.0477. The summed E-state index contributed by atoms with van der Waals surface area (Å²) in [5.41, 5.74) is 3.54. The fraction of sp³-hybridized carbons (Fsp3) is 0.0526. The Hall–Kier alpha value is -2.85. The molecule has 0 N–H and O–H groups in total. The molecule has 0 fully saturated rings. The quantitative estimate of drug-likeness (QED) is 0.570. The fourth-order valence-electron chi connectivity index (χ4n) is 2.80. The molecule has 5 heteroatoms. The maximum Gasteiger partial charge on any atom is 0.250 e. The summed E-state index contributed by atoms with van der Waals surface area (Å²) in [6, 6.07) is 18.8. The second kappa shape index (κ2) is 5.98. The monoisotopic (exact) mass is 335 g/mol. The molecule has 0 bridgehead atoms. The Balaban J connectivity index is 1.96. The lowest BCUT2D eigenvalue weighted by Crippen LogP contribution is -2.19. The van der Waals surface area contributed by atoms with Gasteiger partial charge >= 0.3 is 0 Å². The molecule has 0 amide bonds. The summed E-state index contributed by atoms with van der Waals surface area (Å²) >= 11 is 6.16. The molecule has 0 spiro atoms. The second-order valence-electron chi connectivity index (χ2n) is 5.52. The van der Waals surface area contributed by atoms with Crippen molar-refractivity contribution < 1.29 is 0 Å². The van der Waals surface area contributed by atoms with Crippen LogP contribution in [-0.4, -0.2) is 14.0 Å². The lowest BCUT2D eigenvalue weighted by Gasteiger charge is -2.08. The summed E-state index contributed by atoms with van der Waals surface area (Å²) in [7, 11) is 0. The third kappa shape index (κ3) is 2.61. The molecule has 0 unspecified atom stereocenters. The molecule has 0 aliphatic carbocycles. The zero-order valence-corrected chi connectivity index (χ0v) is 13.5. The molecule has 0 radical (unpaired) electrons. The fourth-order valence-corrected chi connectivity index (χ4v) is 2.96. The van der Waals surface area contributed by atoms with Gasteiger partial charge < -0.3 is 8.97 Å². The molecule has 4 aromatic rings. The van der Waals surface area contributed by atoms with E-state index in [9.17, 15) is 4.79 Å². The minimum atomic E-state index is -0.0477. The summed E-state index contributed by atoms with van der Waals surface area (Å²) in [4.78, 5) is 16.8. The van der Waals surface area contributed by atoms with Crippen LogP contribution in [0.2, 0.25) is 5.02 Å². The van der Waals surface area contributed by atoms with Crippen molar-refractivity contribution in [2.24, 2.45) is 0 Å². The van der Waals surface area contributed by atoms with E-state index in [-0.39, 0.29) is 5.56 Å². The Labute approximate surface area is 143 Å². The smallest absolute Gasteiger partial charge is 0.250 e. The van der Waals surface area contributed by atoms with E-state index in [0.717, 1.165) is 22.6 Å². The zero-order valence-electron chi connectivity index (χ0n) is 12.8. The first-order valence-corrected chi connectivity index (χ1v) is 7.97. The highest BCUT2D eigenvalue weighted by Gasteiger charge is 2.15. The summed E-state index contributed by atoms with van der Waals surface area (Å²) < 4.78 is 3.61. The molecule has 0 aliphatic heterocycles. The van der Waals surface area contributed by atoms with Crippen LogP contribution in [-0.2, 0) is 6.54 Å². The molecular formula is C19H14ClN3O. The van der Waals surface area contributed by atoms with E-state index < -0.39 is 0 Å². The molecule has 24 heavy (non-hydrogen) atoms. The molecular weight excluding hydrogens is 322 g/mol. The van der Waals surface area contributed by atoms with Gasteiger partial charge in [0, 0.05) is 24.0 Å². The van der Waals surface area contributed by atoms with E-state index in [1.807, 2.05) is 59.1 Å². The van der Waals surface area contributed by atoms with Gasteiger partial charge in [-0.15, -0.1) is 0 Å². The number of aromatic nitrogens is 3. The predicted molar refractivity (Wildman–Crippen MR) is 95.4 cm³/mol. The van der Waals surface area contributed by atoms with Gasteiger partial charge in [0.2, 0.25) is 0 Å². The minimum Gasteiger partial charge on any atom is -0.310 e. The van der Waals surface area contributed by atoms with Crippen molar-refractivity contribution in [1.29, 1.82) is 0 Å². The van der Waals surface area contributed by atoms with Crippen molar-refractivity contribution in [3.05, 3.63) is 94.1 Å². The zero-order chi connectivity index (χ0) is 16.5. The predicted octanol–water partition coefficient (Wildman–Crippen LogP) is 3.86. The summed E-state index contributed by atoms with van der Waals surface area (Å²) in [5.74, 6) is 0. The van der Waals surface area contributed by atoms with Crippen LogP contribution in [0, 0.1) is 0 Å². The van der Waals surface area contributed by atoms with Crippen LogP contribution >= 0.6 is 11.6 Å². The van der Waals surface area contributed by atoms with Crippen molar-refractivity contribution in [2.45, 2.75) is 6.54 Å². The van der Waals surface area contributed by atoms with Gasteiger partial charge in [0.1, 0.15) is 5.65 Å². The Kier molecular flexibility index (Phi) is 3.67. The topological polar surface area (TPSA) is 39.3 Å². The van der Waals surface area contributed by atoms with Gasteiger partial charge in [-0.05, 0) is 18.2 Å². The van der Waals surface area contributed by atoms with E-state index >= 15 is 0 Å². The number of nitrogens with zero attached hydrogens (tertiary/aromatic N) is 3. The van der Waals surface area contributed by atoms with Crippen molar-refractivity contribution in [1.82, 2.24) is 14.0 Å². The summed E-state index contributed by atoms with van der Waals surface area (Å²) in [5, 5.41) is 0.626. The summed E-state index contributed by atoms with van der Waals surface area (Å²) in [6.07, 6.45) is 3.61. The van der Waals surface area contributed by atoms with E-state index in [1.54, 1.807) is 22.9 Å². The number of hydrogen-bond donors (Lipinski definition) is 0. The Morgan fingerprint density at radius 2 is 1.75 bits per heavy atom. The van der Waals surface area contributed by atoms with Gasteiger partial charge in [-0.25, -0.2) is 4.98 Å². The molecule has 118 valence electrons. The SMILES string of the molecule is O=c1ccccn1Cc1c(-c2ccccc2)nc2ccc(Cl)cn12. The molecule has 0 saturated carbocycles. The molecule has 0 aliphatic rings. The standard InChI is InChI=1S/C19H14ClN3O/c20-15-9-10-17-21-19(14-6-2-1-3-7-14)16(23(17)12-15)13-22-11-5-4-8-18(22)24/h1-12H,13H2. The van der Waals surface area contributed by atoms with E-state index in [0.29, 0.717) is 11.6 Å². The highest BCUT2D eigenvalue weighted by molar-refractivity contribution is 6.30. The van der Waals surface area contributed by atoms with Crippen LogP contribution < -0.4 is 5.56 Å². The molecule has 3 aromatic heterocycles. The van der Waals surface area contributed by atoms with Gasteiger partial charge in [-0.2, -0.15) is 0 Å². The number of halogens is 1. The molecule has 1 aromatic carbocycles. The number of pyridine rings is 2. The van der Waals surface area contributed by atoms with Crippen LogP contribution in [0.4, 0.5) is 0 Å². The summed E-state index contributed by atoms with van der Waals surface area (Å²) in [6.45, 7) is 0.422. The first-order valence-electron chi connectivity index (χ1n) is 7.60. The van der Waals surface area contributed by atoms with Gasteiger partial charge in [-0.3, -0.25) is 4.79 Å². The number of fused-ring (bicyclic) bond motifs is 1. The number of hydrogen-bond acceptors (Lipinski definition) is 2. The average molecular weight is 336 g/mol. The normalized spacial score (nSPS) is 11.0. The van der Waals surface area contributed by atoms with Gasteiger partial charge in [0.25, 0.3) is 5.56 Å². The Morgan fingerprint density at radius 3 is 2.54 bits per heavy atom. The molecule has 4 nitrogen and oxygen atoms in total. The van der Waals surface area contributed by atoms with Crippen LogP contribution in [0.25, 0.3) is 16.9 Å². The van der Waals surface area contributed by atoms with Crippen molar-refractivity contribution in [3.8, 4) is 11.3 Å². The Bertz CT molecular complexity index is 1070. The van der Waals surface area contributed by atoms with Crippen LogP contribution in [0.3, 0.4) is 0 Å². The largest absolute Gasteiger partial charge is 0.310 e. The molecule has 3 heterocycles. The van der Waals surface area contributed by atoms with Crippen molar-refractivity contribution in [2.75, 3.05) is 0 Å². The number of benzene rings is 1. The third-order valence-corrected chi connectivity index (χ3v) is 4.17. The van der Waals surface area contributed by atoms with Crippen LogP contribution in [0.1, 0.15) is 5.69 Å². The van der Waals surface area contributed by atoms with Gasteiger partial charge in [0.15, 0.2) is 0 Å². The van der Waals surface area contributed by atoms with Crippen LogP contribution in [0.5, 0.6) is 0 Å². The van der Waals surface area contributed by atoms with Gasteiger partial charge in [0.05, 0.1) is 23.0 Å².